The number of aliphatic carboxylic acids is 2. The van der Waals surface area contributed by atoms with Gasteiger partial charge in [0, 0.05) is 45.0 Å². The van der Waals surface area contributed by atoms with Crippen molar-refractivity contribution in [1.29, 1.82) is 0 Å². The average Bonchev–Trinajstić information content (AvgIpc) is 3.33. The van der Waals surface area contributed by atoms with Gasteiger partial charge in [0.05, 0.1) is 0 Å². The minimum absolute atomic E-state index is 0. The molecule has 1 unspecified atom stereocenters. The fourth-order valence-corrected chi connectivity index (χ4v) is 4.03. The molecule has 5 aromatic carbocycles. The van der Waals surface area contributed by atoms with Crippen molar-refractivity contribution in [2.24, 2.45) is 9.98 Å². The number of hydrogen-bond donors (Lipinski definition) is 3. The van der Waals surface area contributed by atoms with E-state index in [-0.39, 0.29) is 61.5 Å². The molecule has 1 atom stereocenters. The maximum absolute atomic E-state index is 12.3. The SMILES string of the molecule is O=C(O)C(Cc1ccc(O)cc1)N=c1c(=O)c2ccccc2c1=O.O=C(O)[CH]N=c1c(=O)c2ccccc2c1=O.[Cu]. The van der Waals surface area contributed by atoms with Crippen molar-refractivity contribution in [1.82, 2.24) is 0 Å². The van der Waals surface area contributed by atoms with Crippen molar-refractivity contribution < 1.29 is 42.0 Å². The largest absolute Gasteiger partial charge is 0.508 e. The molecule has 0 saturated heterocycles. The van der Waals surface area contributed by atoms with E-state index < -0.39 is 39.7 Å². The molecule has 0 aliphatic rings. The van der Waals surface area contributed by atoms with Gasteiger partial charge in [-0.05, 0) is 17.7 Å². The predicted octanol–water partition coefficient (Wildman–Crippen LogP) is 0.318. The number of hydrogen-bond acceptors (Lipinski definition) is 9. The summed E-state index contributed by atoms with van der Waals surface area (Å²) in [5.74, 6) is -2.47. The molecule has 2 radical (unpaired) electrons. The van der Waals surface area contributed by atoms with E-state index in [9.17, 15) is 39.0 Å². The van der Waals surface area contributed by atoms with E-state index in [4.69, 9.17) is 5.11 Å². The van der Waals surface area contributed by atoms with Crippen LogP contribution >= 0.6 is 0 Å². The van der Waals surface area contributed by atoms with Crippen LogP contribution in [-0.2, 0) is 33.1 Å². The molecular formula is C29H19CuN2O9. The number of carbonyl (C=O) groups is 2. The average molecular weight is 603 g/mol. The second kappa shape index (κ2) is 12.9. The number of benzene rings is 3. The second-order valence-corrected chi connectivity index (χ2v) is 8.56. The van der Waals surface area contributed by atoms with Crippen molar-refractivity contribution in [3.8, 4) is 5.75 Å². The number of aromatic hydroxyl groups is 1. The Bertz CT molecular complexity index is 1970. The van der Waals surface area contributed by atoms with Gasteiger partial charge in [0.25, 0.3) is 0 Å². The molecule has 12 heteroatoms. The summed E-state index contributed by atoms with van der Waals surface area (Å²) in [5.41, 5.74) is -1.53. The Kier molecular flexibility index (Phi) is 9.56. The van der Waals surface area contributed by atoms with Crippen LogP contribution in [0.4, 0.5) is 0 Å². The Morgan fingerprint density at radius 3 is 1.49 bits per heavy atom. The van der Waals surface area contributed by atoms with Crippen LogP contribution in [0.2, 0.25) is 0 Å². The van der Waals surface area contributed by atoms with E-state index in [1.54, 1.807) is 36.4 Å². The van der Waals surface area contributed by atoms with Gasteiger partial charge >= 0.3 is 11.9 Å². The molecule has 0 amide bonds. The van der Waals surface area contributed by atoms with Gasteiger partial charge in [-0.25, -0.2) is 9.59 Å². The van der Waals surface area contributed by atoms with Crippen LogP contribution in [0.3, 0.4) is 0 Å². The zero-order valence-electron chi connectivity index (χ0n) is 20.8. The maximum atomic E-state index is 12.3. The van der Waals surface area contributed by atoms with Gasteiger partial charge in [-0.3, -0.25) is 29.2 Å². The Morgan fingerprint density at radius 1 is 0.683 bits per heavy atom. The molecule has 0 aliphatic heterocycles. The first-order chi connectivity index (χ1) is 19.1. The molecule has 0 heterocycles. The van der Waals surface area contributed by atoms with Crippen LogP contribution in [0.1, 0.15) is 5.56 Å². The third-order valence-corrected chi connectivity index (χ3v) is 5.93. The molecule has 3 N–H and O–H groups in total. The Balaban J connectivity index is 0.000000238. The van der Waals surface area contributed by atoms with Gasteiger partial charge in [-0.1, -0.05) is 60.7 Å². The van der Waals surface area contributed by atoms with Gasteiger partial charge < -0.3 is 15.3 Å². The topological polar surface area (TPSA) is 188 Å². The molecule has 41 heavy (non-hydrogen) atoms. The first-order valence-electron chi connectivity index (χ1n) is 11.7. The van der Waals surface area contributed by atoms with E-state index in [0.29, 0.717) is 12.1 Å². The van der Waals surface area contributed by atoms with Gasteiger partial charge in [-0.15, -0.1) is 0 Å². The summed E-state index contributed by atoms with van der Waals surface area (Å²) in [6.45, 7) is 0.539. The van der Waals surface area contributed by atoms with E-state index in [2.05, 4.69) is 9.98 Å². The van der Waals surface area contributed by atoms with Gasteiger partial charge in [-0.2, -0.15) is 0 Å². The molecule has 0 aromatic heterocycles. The number of rotatable bonds is 6. The molecule has 210 valence electrons. The fraction of sp³-hybridized carbons (Fsp3) is 0.0690. The summed E-state index contributed by atoms with van der Waals surface area (Å²) >= 11 is 0. The van der Waals surface area contributed by atoms with E-state index in [1.807, 2.05) is 0 Å². The van der Waals surface area contributed by atoms with Crippen LogP contribution in [0.5, 0.6) is 5.75 Å². The standard InChI is InChI=1S/C18H13NO5.C11H6NO4.Cu/c20-11-7-5-10(6-8-11)9-14(18(23)24)19-15-16(21)12-3-1-2-4-13(12)17(15)22;13-8(14)5-12-9-10(15)6-3-1-2-4-7(6)11(9)16;/h1-8,14,20H,9H2,(H,23,24);1-5H,(H,13,14);. The van der Waals surface area contributed by atoms with Crippen molar-refractivity contribution in [2.75, 3.05) is 0 Å². The molecule has 11 nitrogen and oxygen atoms in total. The molecule has 5 aromatic rings. The monoisotopic (exact) mass is 602 g/mol. The summed E-state index contributed by atoms with van der Waals surface area (Å²) in [4.78, 5) is 76.9. The third-order valence-electron chi connectivity index (χ3n) is 5.93. The number of carboxylic acid groups (broad SMARTS) is 2. The molecule has 5 rings (SSSR count). The molecular weight excluding hydrogens is 584 g/mol. The van der Waals surface area contributed by atoms with Crippen molar-refractivity contribution in [3.05, 3.63) is 137 Å². The van der Waals surface area contributed by atoms with Crippen molar-refractivity contribution in [2.45, 2.75) is 12.5 Å². The summed E-state index contributed by atoms with van der Waals surface area (Å²) in [7, 11) is 0. The van der Waals surface area contributed by atoms with Gasteiger partial charge in [0.1, 0.15) is 5.75 Å². The normalized spacial score (nSPS) is 11.2. The molecule has 0 fully saturated rings. The summed E-state index contributed by atoms with van der Waals surface area (Å²) in [6, 6.07) is 17.4. The fourth-order valence-electron chi connectivity index (χ4n) is 4.03. The van der Waals surface area contributed by atoms with Crippen LogP contribution in [0, 0.1) is 6.54 Å². The van der Waals surface area contributed by atoms with Gasteiger partial charge in [0.2, 0.25) is 21.7 Å². The third kappa shape index (κ3) is 6.57. The number of phenols is 1. The number of phenolic OH excluding ortho intramolecular Hbond substituents is 1. The second-order valence-electron chi connectivity index (χ2n) is 8.56. The van der Waals surface area contributed by atoms with Crippen LogP contribution in [0.15, 0.2) is 102 Å². The van der Waals surface area contributed by atoms with Crippen molar-refractivity contribution >= 4 is 33.5 Å². The minimum atomic E-state index is -1.30. The summed E-state index contributed by atoms with van der Waals surface area (Å²) in [5, 5.41) is 27.3. The number of carboxylic acids is 2. The Labute approximate surface area is 239 Å². The van der Waals surface area contributed by atoms with Crippen molar-refractivity contribution in [3.63, 3.8) is 0 Å². The minimum Gasteiger partial charge on any atom is -0.508 e. The Morgan fingerprint density at radius 2 is 1.10 bits per heavy atom. The maximum Gasteiger partial charge on any atom is 0.331 e. The van der Waals surface area contributed by atoms with E-state index in [1.165, 1.54) is 36.4 Å². The molecule has 0 saturated carbocycles. The molecule has 0 bridgehead atoms. The molecule has 0 aliphatic carbocycles. The van der Waals surface area contributed by atoms with Crippen LogP contribution in [-0.4, -0.2) is 33.3 Å². The first kappa shape index (κ1) is 30.5. The van der Waals surface area contributed by atoms with E-state index >= 15 is 0 Å². The van der Waals surface area contributed by atoms with Crippen LogP contribution < -0.4 is 32.4 Å². The summed E-state index contributed by atoms with van der Waals surface area (Å²) in [6.07, 6.45) is 0.00994. The van der Waals surface area contributed by atoms with E-state index in [0.717, 1.165) is 0 Å². The van der Waals surface area contributed by atoms with Gasteiger partial charge in [0.15, 0.2) is 23.3 Å². The van der Waals surface area contributed by atoms with Crippen LogP contribution in [0.25, 0.3) is 21.5 Å². The molecule has 0 spiro atoms. The summed E-state index contributed by atoms with van der Waals surface area (Å²) < 4.78 is 0. The predicted molar refractivity (Wildman–Crippen MR) is 144 cm³/mol. The number of fused-ring (bicyclic) bond motifs is 2. The number of nitrogens with zero attached hydrogens (tertiary/aromatic N) is 2. The zero-order chi connectivity index (χ0) is 29.0. The zero-order valence-corrected chi connectivity index (χ0v) is 21.7. The quantitative estimate of drug-likeness (QED) is 0.230. The smallest absolute Gasteiger partial charge is 0.331 e. The first-order valence-corrected chi connectivity index (χ1v) is 11.7. The Hall–Kier alpha value is -5.06.